The number of nitrogens with zero attached hydrogens (tertiary/aromatic N) is 2. The Kier molecular flexibility index (Phi) is 3.77. The van der Waals surface area contributed by atoms with E-state index in [0.29, 0.717) is 33.0 Å². The molecule has 0 spiro atoms. The number of aromatic nitrogens is 2. The molecule has 0 aliphatic carbocycles. The molecule has 0 unspecified atom stereocenters. The highest BCUT2D eigenvalue weighted by Crippen LogP contribution is 2.31. The van der Waals surface area contributed by atoms with E-state index in [1.54, 1.807) is 18.2 Å². The Morgan fingerprint density at radius 3 is 2.62 bits per heavy atom. The molecule has 21 heavy (non-hydrogen) atoms. The molecule has 0 aliphatic heterocycles. The Morgan fingerprint density at radius 2 is 1.86 bits per heavy atom. The normalized spacial score (nSPS) is 10.8. The largest absolute Gasteiger partial charge is 0.398 e. The number of nitrogens with two attached hydrogens (primary N) is 1. The van der Waals surface area contributed by atoms with E-state index >= 15 is 0 Å². The Labute approximate surface area is 136 Å². The molecule has 3 aromatic rings. The van der Waals surface area contributed by atoms with E-state index < -0.39 is 0 Å². The van der Waals surface area contributed by atoms with Gasteiger partial charge in [-0.3, -0.25) is 0 Å². The molecule has 2 aromatic carbocycles. The molecule has 0 radical (unpaired) electrons. The van der Waals surface area contributed by atoms with Gasteiger partial charge in [-0.05, 0) is 52.3 Å². The van der Waals surface area contributed by atoms with E-state index in [-0.39, 0.29) is 5.82 Å². The van der Waals surface area contributed by atoms with Crippen molar-refractivity contribution in [2.45, 2.75) is 0 Å². The first-order valence-electron chi connectivity index (χ1n) is 5.89. The number of nitrogen functional groups attached to an aromatic ring is 1. The molecule has 0 atom stereocenters. The van der Waals surface area contributed by atoms with Crippen LogP contribution < -0.4 is 5.73 Å². The van der Waals surface area contributed by atoms with Crippen LogP contribution in [0.25, 0.3) is 22.8 Å². The molecular weight excluding hydrogens is 405 g/mol. The van der Waals surface area contributed by atoms with E-state index in [1.807, 2.05) is 6.07 Å². The van der Waals surface area contributed by atoms with Crippen molar-refractivity contribution in [2.24, 2.45) is 0 Å². The second kappa shape index (κ2) is 5.57. The van der Waals surface area contributed by atoms with Crippen LogP contribution in [0, 0.1) is 5.82 Å². The highest BCUT2D eigenvalue weighted by Gasteiger charge is 2.15. The first kappa shape index (κ1) is 14.2. The zero-order chi connectivity index (χ0) is 15.0. The zero-order valence-corrected chi connectivity index (χ0v) is 13.7. The molecule has 0 saturated carbocycles. The molecule has 106 valence electrons. The second-order valence-electron chi connectivity index (χ2n) is 4.28. The van der Waals surface area contributed by atoms with Crippen LogP contribution in [0.3, 0.4) is 0 Å². The van der Waals surface area contributed by atoms with Crippen LogP contribution in [0.4, 0.5) is 10.1 Å². The summed E-state index contributed by atoms with van der Waals surface area (Å²) in [5, 5.41) is 3.91. The van der Waals surface area contributed by atoms with Crippen molar-refractivity contribution in [3.63, 3.8) is 0 Å². The van der Waals surface area contributed by atoms with Gasteiger partial charge in [0.15, 0.2) is 0 Å². The summed E-state index contributed by atoms with van der Waals surface area (Å²) in [6.45, 7) is 0. The topological polar surface area (TPSA) is 64.9 Å². The van der Waals surface area contributed by atoms with Crippen LogP contribution in [0.15, 0.2) is 49.9 Å². The summed E-state index contributed by atoms with van der Waals surface area (Å²) in [6.07, 6.45) is 0. The minimum absolute atomic E-state index is 0.306. The SMILES string of the molecule is Nc1ccc(Br)cc1-c1nc(-c2ccc(F)cc2Br)no1. The number of anilines is 1. The maximum Gasteiger partial charge on any atom is 0.260 e. The van der Waals surface area contributed by atoms with Crippen LogP contribution in [0.1, 0.15) is 0 Å². The summed E-state index contributed by atoms with van der Waals surface area (Å²) in [5.74, 6) is 0.321. The van der Waals surface area contributed by atoms with E-state index in [9.17, 15) is 4.39 Å². The minimum Gasteiger partial charge on any atom is -0.398 e. The summed E-state index contributed by atoms with van der Waals surface area (Å²) in [7, 11) is 0. The molecule has 2 N–H and O–H groups in total. The Morgan fingerprint density at radius 1 is 1.05 bits per heavy atom. The van der Waals surface area contributed by atoms with E-state index in [2.05, 4.69) is 42.0 Å². The lowest BCUT2D eigenvalue weighted by Crippen LogP contribution is -1.90. The van der Waals surface area contributed by atoms with Crippen molar-refractivity contribution in [3.8, 4) is 22.8 Å². The van der Waals surface area contributed by atoms with Gasteiger partial charge in [-0.2, -0.15) is 4.98 Å². The fourth-order valence-corrected chi connectivity index (χ4v) is 2.72. The van der Waals surface area contributed by atoms with E-state index in [0.717, 1.165) is 4.47 Å². The maximum absolute atomic E-state index is 13.1. The molecule has 7 heteroatoms. The first-order chi connectivity index (χ1) is 10.0. The average Bonchev–Trinajstić information content (AvgIpc) is 2.91. The van der Waals surface area contributed by atoms with Crippen LogP contribution in [-0.4, -0.2) is 10.1 Å². The van der Waals surface area contributed by atoms with Gasteiger partial charge in [-0.25, -0.2) is 4.39 Å². The predicted molar refractivity (Wildman–Crippen MR) is 84.9 cm³/mol. The molecule has 0 aliphatic rings. The maximum atomic E-state index is 13.1. The van der Waals surface area contributed by atoms with Crippen LogP contribution in [-0.2, 0) is 0 Å². The van der Waals surface area contributed by atoms with Gasteiger partial charge in [0, 0.05) is 20.2 Å². The summed E-state index contributed by atoms with van der Waals surface area (Å²) in [6, 6.07) is 9.64. The standard InChI is InChI=1S/C14H8Br2FN3O/c15-7-1-4-12(18)10(5-7)14-19-13(20-21-14)9-3-2-8(17)6-11(9)16/h1-6H,18H2. The van der Waals surface area contributed by atoms with Gasteiger partial charge in [-0.15, -0.1) is 0 Å². The summed E-state index contributed by atoms with van der Waals surface area (Å²) < 4.78 is 19.8. The number of benzene rings is 2. The predicted octanol–water partition coefficient (Wildman–Crippen LogP) is 4.65. The van der Waals surface area contributed by atoms with Crippen molar-refractivity contribution in [2.75, 3.05) is 5.73 Å². The van der Waals surface area contributed by atoms with E-state index in [1.165, 1.54) is 12.1 Å². The smallest absolute Gasteiger partial charge is 0.260 e. The highest BCUT2D eigenvalue weighted by atomic mass is 79.9. The van der Waals surface area contributed by atoms with Crippen LogP contribution in [0.5, 0.6) is 0 Å². The third-order valence-electron chi connectivity index (χ3n) is 2.84. The van der Waals surface area contributed by atoms with Crippen LogP contribution >= 0.6 is 31.9 Å². The zero-order valence-electron chi connectivity index (χ0n) is 10.5. The number of hydrogen-bond acceptors (Lipinski definition) is 4. The molecule has 3 rings (SSSR count). The lowest BCUT2D eigenvalue weighted by Gasteiger charge is -2.00. The lowest BCUT2D eigenvalue weighted by molar-refractivity contribution is 0.432. The fourth-order valence-electron chi connectivity index (χ4n) is 1.83. The van der Waals surface area contributed by atoms with Crippen molar-refractivity contribution in [3.05, 3.63) is 51.2 Å². The van der Waals surface area contributed by atoms with Crippen molar-refractivity contribution in [1.82, 2.24) is 10.1 Å². The second-order valence-corrected chi connectivity index (χ2v) is 6.05. The molecule has 1 heterocycles. The monoisotopic (exact) mass is 411 g/mol. The van der Waals surface area contributed by atoms with E-state index in [4.69, 9.17) is 10.3 Å². The summed E-state index contributed by atoms with van der Waals surface area (Å²) in [4.78, 5) is 4.31. The summed E-state index contributed by atoms with van der Waals surface area (Å²) >= 11 is 6.65. The quantitative estimate of drug-likeness (QED) is 0.622. The molecule has 0 fully saturated rings. The Hall–Kier alpha value is -1.73. The number of hydrogen-bond donors (Lipinski definition) is 1. The molecule has 1 aromatic heterocycles. The average molecular weight is 413 g/mol. The van der Waals surface area contributed by atoms with Gasteiger partial charge in [0.05, 0.1) is 5.56 Å². The van der Waals surface area contributed by atoms with Gasteiger partial charge < -0.3 is 10.3 Å². The van der Waals surface area contributed by atoms with Gasteiger partial charge >= 0.3 is 0 Å². The summed E-state index contributed by atoms with van der Waals surface area (Å²) in [5.41, 5.74) is 7.72. The molecule has 0 amide bonds. The molecule has 4 nitrogen and oxygen atoms in total. The van der Waals surface area contributed by atoms with Gasteiger partial charge in [0.2, 0.25) is 5.82 Å². The minimum atomic E-state index is -0.342. The van der Waals surface area contributed by atoms with Crippen molar-refractivity contribution in [1.29, 1.82) is 0 Å². The first-order valence-corrected chi connectivity index (χ1v) is 7.48. The Balaban J connectivity index is 2.06. The third-order valence-corrected chi connectivity index (χ3v) is 3.99. The molecule has 0 saturated heterocycles. The number of halogens is 3. The number of rotatable bonds is 2. The van der Waals surface area contributed by atoms with Crippen LogP contribution in [0.2, 0.25) is 0 Å². The van der Waals surface area contributed by atoms with Gasteiger partial charge in [0.25, 0.3) is 5.89 Å². The third kappa shape index (κ3) is 2.84. The Bertz CT molecular complexity index is 820. The highest BCUT2D eigenvalue weighted by molar-refractivity contribution is 9.10. The van der Waals surface area contributed by atoms with Gasteiger partial charge in [0.1, 0.15) is 5.82 Å². The van der Waals surface area contributed by atoms with Crippen molar-refractivity contribution < 1.29 is 8.91 Å². The molecule has 0 bridgehead atoms. The fraction of sp³-hybridized carbons (Fsp3) is 0. The lowest BCUT2D eigenvalue weighted by atomic mass is 10.2. The van der Waals surface area contributed by atoms with Gasteiger partial charge in [-0.1, -0.05) is 21.1 Å². The van der Waals surface area contributed by atoms with Crippen molar-refractivity contribution >= 4 is 37.5 Å². The molecular formula is C14H8Br2FN3O.